The number of hydrogen-bond acceptors (Lipinski definition) is 4. The average Bonchev–Trinajstić information content (AvgIpc) is 2.67. The van der Waals surface area contributed by atoms with Gasteiger partial charge in [0.2, 0.25) is 15.9 Å². The molecule has 0 fully saturated rings. The molecule has 152 valence electrons. The van der Waals surface area contributed by atoms with Gasteiger partial charge in [-0.25, -0.2) is 8.42 Å². The number of benzene rings is 2. The number of nitrogens with zero attached hydrogens (tertiary/aromatic N) is 2. The standard InChI is InChI=1S/C21H28N2O4S/c1-7-23(28(25,26)19-10-11-20(27-6)17(4)13-19)14-21(24)22(5)18-9-8-15(2)16(3)12-18/h8-13H,7,14H2,1-6H3. The molecule has 0 aliphatic carbocycles. The molecule has 0 aromatic heterocycles. The van der Waals surface area contributed by atoms with E-state index in [2.05, 4.69) is 0 Å². The average molecular weight is 405 g/mol. The van der Waals surface area contributed by atoms with Gasteiger partial charge in [0, 0.05) is 19.3 Å². The molecule has 0 spiro atoms. The molecule has 0 aliphatic rings. The van der Waals surface area contributed by atoms with Gasteiger partial charge in [-0.15, -0.1) is 0 Å². The van der Waals surface area contributed by atoms with Crippen LogP contribution in [0.3, 0.4) is 0 Å². The summed E-state index contributed by atoms with van der Waals surface area (Å²) in [7, 11) is -0.599. The summed E-state index contributed by atoms with van der Waals surface area (Å²) in [6, 6.07) is 10.4. The van der Waals surface area contributed by atoms with Crippen LogP contribution < -0.4 is 9.64 Å². The van der Waals surface area contributed by atoms with Crippen molar-refractivity contribution >= 4 is 21.6 Å². The minimum Gasteiger partial charge on any atom is -0.496 e. The van der Waals surface area contributed by atoms with Gasteiger partial charge in [-0.1, -0.05) is 13.0 Å². The highest BCUT2D eigenvalue weighted by Gasteiger charge is 2.27. The van der Waals surface area contributed by atoms with E-state index in [0.717, 1.165) is 22.4 Å². The fourth-order valence-corrected chi connectivity index (χ4v) is 4.35. The van der Waals surface area contributed by atoms with E-state index in [4.69, 9.17) is 4.74 Å². The first kappa shape index (κ1) is 21.9. The van der Waals surface area contributed by atoms with Crippen molar-refractivity contribution in [3.63, 3.8) is 0 Å². The van der Waals surface area contributed by atoms with Gasteiger partial charge in [0.05, 0.1) is 18.6 Å². The van der Waals surface area contributed by atoms with E-state index in [9.17, 15) is 13.2 Å². The van der Waals surface area contributed by atoms with Crippen LogP contribution in [0.2, 0.25) is 0 Å². The van der Waals surface area contributed by atoms with E-state index >= 15 is 0 Å². The van der Waals surface area contributed by atoms with E-state index in [1.807, 2.05) is 32.0 Å². The van der Waals surface area contributed by atoms with Gasteiger partial charge in [0.1, 0.15) is 5.75 Å². The quantitative estimate of drug-likeness (QED) is 0.710. The Morgan fingerprint density at radius 1 is 1.00 bits per heavy atom. The summed E-state index contributed by atoms with van der Waals surface area (Å²) in [5.74, 6) is 0.325. The van der Waals surface area contributed by atoms with Crippen molar-refractivity contribution in [2.45, 2.75) is 32.6 Å². The van der Waals surface area contributed by atoms with Crippen LogP contribution in [-0.4, -0.2) is 45.9 Å². The van der Waals surface area contributed by atoms with Crippen LogP contribution in [0.5, 0.6) is 5.75 Å². The van der Waals surface area contributed by atoms with Crippen LogP contribution in [-0.2, 0) is 14.8 Å². The number of methoxy groups -OCH3 is 1. The van der Waals surface area contributed by atoms with Crippen LogP contribution in [0.4, 0.5) is 5.69 Å². The summed E-state index contributed by atoms with van der Waals surface area (Å²) in [6.45, 7) is 7.45. The third-order valence-electron chi connectivity index (χ3n) is 4.92. The predicted octanol–water partition coefficient (Wildman–Crippen LogP) is 3.29. The largest absolute Gasteiger partial charge is 0.496 e. The van der Waals surface area contributed by atoms with E-state index in [1.165, 1.54) is 22.4 Å². The Morgan fingerprint density at radius 3 is 2.21 bits per heavy atom. The lowest BCUT2D eigenvalue weighted by Crippen LogP contribution is -2.41. The number of carbonyl (C=O) groups excluding carboxylic acids is 1. The zero-order valence-corrected chi connectivity index (χ0v) is 18.1. The van der Waals surface area contributed by atoms with E-state index in [-0.39, 0.29) is 23.9 Å². The fraction of sp³-hybridized carbons (Fsp3) is 0.381. The van der Waals surface area contributed by atoms with Crippen molar-refractivity contribution < 1.29 is 17.9 Å². The monoisotopic (exact) mass is 404 g/mol. The normalized spacial score (nSPS) is 11.5. The van der Waals surface area contributed by atoms with Gasteiger partial charge in [-0.05, 0) is 67.8 Å². The number of likely N-dealkylation sites (N-methyl/N-ethyl adjacent to an activating group) is 2. The molecule has 0 saturated heterocycles. The molecule has 7 heteroatoms. The third kappa shape index (κ3) is 4.54. The first-order valence-electron chi connectivity index (χ1n) is 9.10. The number of aryl methyl sites for hydroxylation is 3. The Bertz CT molecular complexity index is 970. The molecule has 6 nitrogen and oxygen atoms in total. The van der Waals surface area contributed by atoms with Crippen molar-refractivity contribution in [1.29, 1.82) is 0 Å². The Hall–Kier alpha value is -2.38. The number of carbonyl (C=O) groups is 1. The highest BCUT2D eigenvalue weighted by atomic mass is 32.2. The Kier molecular flexibility index (Phi) is 6.85. The Balaban J connectivity index is 2.25. The number of rotatable bonds is 7. The molecule has 0 unspecified atom stereocenters. The van der Waals surface area contributed by atoms with Gasteiger partial charge in [-0.3, -0.25) is 4.79 Å². The molecule has 0 saturated carbocycles. The minimum absolute atomic E-state index is 0.147. The molecule has 0 heterocycles. The number of amides is 1. The minimum atomic E-state index is -3.79. The molecular weight excluding hydrogens is 376 g/mol. The van der Waals surface area contributed by atoms with Crippen LogP contribution in [0, 0.1) is 20.8 Å². The molecule has 0 aliphatic heterocycles. The topological polar surface area (TPSA) is 66.9 Å². The van der Waals surface area contributed by atoms with E-state index in [1.54, 1.807) is 33.0 Å². The van der Waals surface area contributed by atoms with Gasteiger partial charge >= 0.3 is 0 Å². The molecule has 2 aromatic carbocycles. The summed E-state index contributed by atoms with van der Waals surface area (Å²) in [6.07, 6.45) is 0. The highest BCUT2D eigenvalue weighted by Crippen LogP contribution is 2.24. The molecule has 0 atom stereocenters. The smallest absolute Gasteiger partial charge is 0.243 e. The molecular formula is C21H28N2O4S. The van der Waals surface area contributed by atoms with Crippen LogP contribution in [0.1, 0.15) is 23.6 Å². The molecule has 28 heavy (non-hydrogen) atoms. The SMILES string of the molecule is CCN(CC(=O)N(C)c1ccc(C)c(C)c1)S(=O)(=O)c1ccc(OC)c(C)c1. The van der Waals surface area contributed by atoms with Crippen LogP contribution in [0.15, 0.2) is 41.3 Å². The van der Waals surface area contributed by atoms with Crippen molar-refractivity contribution in [3.8, 4) is 5.75 Å². The maximum absolute atomic E-state index is 13.0. The van der Waals surface area contributed by atoms with E-state index < -0.39 is 10.0 Å². The second kappa shape index (κ2) is 8.75. The van der Waals surface area contributed by atoms with E-state index in [0.29, 0.717) is 5.75 Å². The molecule has 1 amide bonds. The lowest BCUT2D eigenvalue weighted by Gasteiger charge is -2.24. The number of ether oxygens (including phenoxy) is 1. The lowest BCUT2D eigenvalue weighted by molar-refractivity contribution is -0.118. The summed E-state index contributed by atoms with van der Waals surface area (Å²) in [5.41, 5.74) is 3.67. The summed E-state index contributed by atoms with van der Waals surface area (Å²) < 4.78 is 32.4. The Labute approximate surface area is 167 Å². The van der Waals surface area contributed by atoms with Crippen molar-refractivity contribution in [1.82, 2.24) is 4.31 Å². The van der Waals surface area contributed by atoms with Crippen molar-refractivity contribution in [2.75, 3.05) is 32.1 Å². The van der Waals surface area contributed by atoms with Gasteiger partial charge in [0.25, 0.3) is 0 Å². The molecule has 2 aromatic rings. The lowest BCUT2D eigenvalue weighted by atomic mass is 10.1. The third-order valence-corrected chi connectivity index (χ3v) is 6.84. The molecule has 0 bridgehead atoms. The summed E-state index contributed by atoms with van der Waals surface area (Å²) in [5, 5.41) is 0. The number of hydrogen-bond donors (Lipinski definition) is 0. The number of anilines is 1. The summed E-state index contributed by atoms with van der Waals surface area (Å²) >= 11 is 0. The second-order valence-corrected chi connectivity index (χ2v) is 8.72. The van der Waals surface area contributed by atoms with Crippen LogP contribution >= 0.6 is 0 Å². The zero-order valence-electron chi connectivity index (χ0n) is 17.3. The summed E-state index contributed by atoms with van der Waals surface area (Å²) in [4.78, 5) is 14.4. The predicted molar refractivity (Wildman–Crippen MR) is 111 cm³/mol. The zero-order chi connectivity index (χ0) is 21.1. The molecule has 0 N–H and O–H groups in total. The molecule has 2 rings (SSSR count). The Morgan fingerprint density at radius 2 is 1.68 bits per heavy atom. The van der Waals surface area contributed by atoms with Crippen molar-refractivity contribution in [3.05, 3.63) is 53.1 Å². The van der Waals surface area contributed by atoms with Gasteiger partial charge < -0.3 is 9.64 Å². The highest BCUT2D eigenvalue weighted by molar-refractivity contribution is 7.89. The first-order valence-corrected chi connectivity index (χ1v) is 10.5. The maximum Gasteiger partial charge on any atom is 0.243 e. The molecule has 0 radical (unpaired) electrons. The maximum atomic E-state index is 13.0. The van der Waals surface area contributed by atoms with Crippen LogP contribution in [0.25, 0.3) is 0 Å². The van der Waals surface area contributed by atoms with Gasteiger partial charge in [-0.2, -0.15) is 4.31 Å². The first-order chi connectivity index (χ1) is 13.1. The fourth-order valence-electron chi connectivity index (χ4n) is 2.86. The number of sulfonamides is 1. The van der Waals surface area contributed by atoms with Crippen molar-refractivity contribution in [2.24, 2.45) is 0 Å². The second-order valence-electron chi connectivity index (χ2n) is 6.78. The van der Waals surface area contributed by atoms with Gasteiger partial charge in [0.15, 0.2) is 0 Å².